The fourth-order valence-corrected chi connectivity index (χ4v) is 3.40. The molecule has 0 unspecified atom stereocenters. The Balaban J connectivity index is 1.58. The molecular formula is C23H23N5O2. The summed E-state index contributed by atoms with van der Waals surface area (Å²) < 4.78 is 7.26. The molecule has 0 atom stereocenters. The van der Waals surface area contributed by atoms with Gasteiger partial charge in [-0.05, 0) is 42.0 Å². The minimum atomic E-state index is -0.529. The first-order valence-corrected chi connectivity index (χ1v) is 9.53. The van der Waals surface area contributed by atoms with Crippen LogP contribution in [0.2, 0.25) is 0 Å². The lowest BCUT2D eigenvalue weighted by Gasteiger charge is -2.13. The predicted octanol–water partition coefficient (Wildman–Crippen LogP) is 4.04. The van der Waals surface area contributed by atoms with Crippen molar-refractivity contribution in [1.29, 1.82) is 0 Å². The van der Waals surface area contributed by atoms with Crippen LogP contribution in [0.3, 0.4) is 0 Å². The smallest absolute Gasteiger partial charge is 0.252 e. The van der Waals surface area contributed by atoms with Gasteiger partial charge >= 0.3 is 0 Å². The Bertz CT molecular complexity index is 1200. The predicted molar refractivity (Wildman–Crippen MR) is 119 cm³/mol. The number of amides is 1. The molecule has 2 heterocycles. The minimum absolute atomic E-state index is 0.343. The summed E-state index contributed by atoms with van der Waals surface area (Å²) in [6.45, 7) is 0.549. The summed E-state index contributed by atoms with van der Waals surface area (Å²) in [7, 11) is 3.64. The maximum absolute atomic E-state index is 11.9. The van der Waals surface area contributed by atoms with E-state index < -0.39 is 5.91 Å². The number of aromatic nitrogens is 2. The van der Waals surface area contributed by atoms with Crippen LogP contribution in [-0.4, -0.2) is 22.6 Å². The third-order valence-corrected chi connectivity index (χ3v) is 5.02. The molecule has 0 aliphatic heterocycles. The van der Waals surface area contributed by atoms with E-state index in [9.17, 15) is 4.79 Å². The monoisotopic (exact) mass is 401 g/mol. The van der Waals surface area contributed by atoms with E-state index >= 15 is 0 Å². The number of carbonyl (C=O) groups excluding carboxylic acids is 1. The van der Waals surface area contributed by atoms with E-state index in [1.165, 1.54) is 11.6 Å². The molecule has 7 nitrogen and oxygen atoms in total. The first-order chi connectivity index (χ1) is 14.5. The zero-order valence-corrected chi connectivity index (χ0v) is 16.8. The van der Waals surface area contributed by atoms with Crippen molar-refractivity contribution in [2.45, 2.75) is 6.54 Å². The van der Waals surface area contributed by atoms with Crippen LogP contribution < -0.4 is 21.1 Å². The van der Waals surface area contributed by atoms with Crippen LogP contribution in [0.5, 0.6) is 5.75 Å². The van der Waals surface area contributed by atoms with Crippen molar-refractivity contribution < 1.29 is 9.53 Å². The first kappa shape index (κ1) is 19.3. The van der Waals surface area contributed by atoms with Crippen LogP contribution in [0.15, 0.2) is 67.0 Å². The highest BCUT2D eigenvalue weighted by Gasteiger charge is 2.12. The molecule has 4 rings (SSSR count). The molecule has 0 saturated carbocycles. The number of carbonyl (C=O) groups is 1. The number of anilines is 3. The van der Waals surface area contributed by atoms with Crippen LogP contribution >= 0.6 is 0 Å². The van der Waals surface area contributed by atoms with Crippen LogP contribution in [0.1, 0.15) is 15.9 Å². The Hall–Kier alpha value is -4.00. The second-order valence-corrected chi connectivity index (χ2v) is 6.96. The lowest BCUT2D eigenvalue weighted by atomic mass is 10.1. The van der Waals surface area contributed by atoms with Gasteiger partial charge in [-0.2, -0.15) is 0 Å². The second-order valence-electron chi connectivity index (χ2n) is 6.96. The Labute approximate surface area is 174 Å². The Morgan fingerprint density at radius 2 is 1.97 bits per heavy atom. The average Bonchev–Trinajstić information content (AvgIpc) is 3.14. The second kappa shape index (κ2) is 8.16. The molecule has 152 valence electrons. The Morgan fingerprint density at radius 3 is 2.70 bits per heavy atom. The van der Waals surface area contributed by atoms with E-state index in [0.29, 0.717) is 23.6 Å². The number of pyridine rings is 1. The largest absolute Gasteiger partial charge is 0.497 e. The van der Waals surface area contributed by atoms with E-state index in [-0.39, 0.29) is 0 Å². The Kier molecular flexibility index (Phi) is 5.26. The van der Waals surface area contributed by atoms with Crippen LogP contribution in [0, 0.1) is 0 Å². The van der Waals surface area contributed by atoms with Crippen LogP contribution in [-0.2, 0) is 13.6 Å². The fourth-order valence-electron chi connectivity index (χ4n) is 3.40. The number of hydrogen-bond donors (Lipinski definition) is 3. The maximum Gasteiger partial charge on any atom is 0.252 e. The third-order valence-electron chi connectivity index (χ3n) is 5.02. The van der Waals surface area contributed by atoms with E-state index in [2.05, 4.69) is 38.4 Å². The van der Waals surface area contributed by atoms with Crippen molar-refractivity contribution in [3.8, 4) is 5.75 Å². The van der Waals surface area contributed by atoms with Crippen molar-refractivity contribution in [3.05, 3.63) is 78.1 Å². The molecule has 4 aromatic rings. The first-order valence-electron chi connectivity index (χ1n) is 9.53. The zero-order valence-electron chi connectivity index (χ0n) is 16.8. The van der Waals surface area contributed by atoms with Crippen LogP contribution in [0.25, 0.3) is 10.9 Å². The molecule has 7 heteroatoms. The highest BCUT2D eigenvalue weighted by atomic mass is 16.5. The molecule has 2 aromatic carbocycles. The van der Waals surface area contributed by atoms with Gasteiger partial charge in [0, 0.05) is 48.6 Å². The highest BCUT2D eigenvalue weighted by molar-refractivity contribution is 5.98. The van der Waals surface area contributed by atoms with E-state index in [1.54, 1.807) is 13.2 Å². The van der Waals surface area contributed by atoms with Crippen molar-refractivity contribution >= 4 is 34.0 Å². The van der Waals surface area contributed by atoms with Gasteiger partial charge in [-0.3, -0.25) is 4.79 Å². The summed E-state index contributed by atoms with van der Waals surface area (Å²) in [6, 6.07) is 17.6. The summed E-state index contributed by atoms with van der Waals surface area (Å²) in [5, 5.41) is 7.74. The van der Waals surface area contributed by atoms with Crippen molar-refractivity contribution in [3.63, 3.8) is 0 Å². The number of ether oxygens (including phenoxy) is 1. The lowest BCUT2D eigenvalue weighted by molar-refractivity contribution is 0.100. The van der Waals surface area contributed by atoms with E-state index in [0.717, 1.165) is 22.5 Å². The van der Waals surface area contributed by atoms with Gasteiger partial charge in [0.25, 0.3) is 5.91 Å². The van der Waals surface area contributed by atoms with Gasteiger partial charge < -0.3 is 25.7 Å². The van der Waals surface area contributed by atoms with Gasteiger partial charge in [-0.1, -0.05) is 12.1 Å². The quantitative estimate of drug-likeness (QED) is 0.435. The number of benzene rings is 2. The minimum Gasteiger partial charge on any atom is -0.497 e. The number of rotatable bonds is 7. The third kappa shape index (κ3) is 3.91. The van der Waals surface area contributed by atoms with Crippen molar-refractivity contribution in [2.75, 3.05) is 17.7 Å². The number of fused-ring (bicyclic) bond motifs is 1. The van der Waals surface area contributed by atoms with Crippen molar-refractivity contribution in [2.24, 2.45) is 12.8 Å². The van der Waals surface area contributed by atoms with E-state index in [1.807, 2.05) is 43.6 Å². The molecule has 0 bridgehead atoms. The van der Waals surface area contributed by atoms with Gasteiger partial charge in [0.2, 0.25) is 0 Å². The molecule has 0 saturated heterocycles. The van der Waals surface area contributed by atoms with Gasteiger partial charge in [0.1, 0.15) is 11.6 Å². The molecule has 0 aliphatic carbocycles. The van der Waals surface area contributed by atoms with E-state index in [4.69, 9.17) is 10.5 Å². The standard InChI is InChI=1S/C23H23N5O2/c1-28-11-10-18-15(4-3-5-21(18)28)13-25-20-12-22(26-14-19(20)23(24)29)27-16-6-8-17(30-2)9-7-16/h3-12,14H,13H2,1-2H3,(H2,24,29)(H2,25,26,27). The molecule has 2 aromatic heterocycles. The lowest BCUT2D eigenvalue weighted by Crippen LogP contribution is -2.15. The topological polar surface area (TPSA) is 94.2 Å². The number of aryl methyl sites for hydroxylation is 1. The number of nitrogens with two attached hydrogens (primary N) is 1. The van der Waals surface area contributed by atoms with Gasteiger partial charge in [0.15, 0.2) is 0 Å². The molecule has 0 fully saturated rings. The molecule has 4 N–H and O–H groups in total. The summed E-state index contributed by atoms with van der Waals surface area (Å²) >= 11 is 0. The fraction of sp³-hybridized carbons (Fsp3) is 0.130. The zero-order chi connectivity index (χ0) is 21.1. The molecular weight excluding hydrogens is 378 g/mol. The number of primary amides is 1. The average molecular weight is 401 g/mol. The summed E-state index contributed by atoms with van der Waals surface area (Å²) in [5.41, 5.74) is 9.66. The summed E-state index contributed by atoms with van der Waals surface area (Å²) in [5.74, 6) is 0.847. The normalized spacial score (nSPS) is 10.7. The summed E-state index contributed by atoms with van der Waals surface area (Å²) in [4.78, 5) is 16.2. The maximum atomic E-state index is 11.9. The summed E-state index contributed by atoms with van der Waals surface area (Å²) in [6.07, 6.45) is 3.52. The Morgan fingerprint density at radius 1 is 1.17 bits per heavy atom. The number of hydrogen-bond acceptors (Lipinski definition) is 5. The van der Waals surface area contributed by atoms with Crippen LogP contribution in [0.4, 0.5) is 17.2 Å². The number of nitrogens with zero attached hydrogens (tertiary/aromatic N) is 2. The number of methoxy groups -OCH3 is 1. The molecule has 0 aliphatic rings. The molecule has 30 heavy (non-hydrogen) atoms. The number of nitrogens with one attached hydrogen (secondary N) is 2. The highest BCUT2D eigenvalue weighted by Crippen LogP contribution is 2.25. The van der Waals surface area contributed by atoms with Gasteiger partial charge in [-0.15, -0.1) is 0 Å². The van der Waals surface area contributed by atoms with Crippen molar-refractivity contribution in [1.82, 2.24) is 9.55 Å². The van der Waals surface area contributed by atoms with Gasteiger partial charge in [-0.25, -0.2) is 4.98 Å². The molecule has 0 radical (unpaired) electrons. The SMILES string of the molecule is COc1ccc(Nc2cc(NCc3cccc4c3ccn4C)c(C(N)=O)cn2)cc1. The molecule has 1 amide bonds. The molecule has 0 spiro atoms. The van der Waals surface area contributed by atoms with Gasteiger partial charge in [0.05, 0.1) is 18.4 Å².